The van der Waals surface area contributed by atoms with Gasteiger partial charge < -0.3 is 10.2 Å². The monoisotopic (exact) mass is 288 g/mol. The molecular formula is C14H25ClN2O2. The molecule has 1 heterocycles. The molecule has 0 spiro atoms. The summed E-state index contributed by atoms with van der Waals surface area (Å²) in [7, 11) is 0. The Balaban J connectivity index is 2.34. The second kappa shape index (κ2) is 8.41. The van der Waals surface area contributed by atoms with Crippen LogP contribution in [0.1, 0.15) is 46.0 Å². The van der Waals surface area contributed by atoms with Crippen molar-refractivity contribution in [2.24, 2.45) is 5.92 Å². The van der Waals surface area contributed by atoms with Gasteiger partial charge in [0.25, 0.3) is 0 Å². The van der Waals surface area contributed by atoms with E-state index in [4.69, 9.17) is 11.6 Å². The molecule has 4 nitrogen and oxygen atoms in total. The average molecular weight is 289 g/mol. The molecule has 0 radical (unpaired) electrons. The molecule has 0 aromatic rings. The highest BCUT2D eigenvalue weighted by molar-refractivity contribution is 6.18. The lowest BCUT2D eigenvalue weighted by atomic mass is 9.99. The molecule has 0 atom stereocenters. The highest BCUT2D eigenvalue weighted by Gasteiger charge is 2.25. The Kier molecular flexibility index (Phi) is 7.21. The number of amides is 2. The van der Waals surface area contributed by atoms with Crippen molar-refractivity contribution in [3.05, 3.63) is 0 Å². The molecule has 0 aromatic heterocycles. The Morgan fingerprint density at radius 2 is 1.84 bits per heavy atom. The van der Waals surface area contributed by atoms with Crippen molar-refractivity contribution in [3.63, 3.8) is 0 Å². The third-order valence-electron chi connectivity index (χ3n) is 3.86. The fourth-order valence-corrected chi connectivity index (χ4v) is 2.65. The van der Waals surface area contributed by atoms with Gasteiger partial charge in [-0.2, -0.15) is 0 Å². The predicted molar refractivity (Wildman–Crippen MR) is 77.2 cm³/mol. The summed E-state index contributed by atoms with van der Waals surface area (Å²) in [6.07, 6.45) is 3.87. The third kappa shape index (κ3) is 5.01. The van der Waals surface area contributed by atoms with Gasteiger partial charge in [-0.05, 0) is 25.7 Å². The molecule has 0 saturated carbocycles. The van der Waals surface area contributed by atoms with E-state index in [-0.39, 0.29) is 23.8 Å². The molecule has 0 unspecified atom stereocenters. The molecule has 2 amide bonds. The van der Waals surface area contributed by atoms with Crippen molar-refractivity contribution in [2.75, 3.05) is 19.0 Å². The van der Waals surface area contributed by atoms with Crippen LogP contribution in [0.2, 0.25) is 0 Å². The van der Waals surface area contributed by atoms with Crippen molar-refractivity contribution >= 4 is 23.4 Å². The first-order chi connectivity index (χ1) is 9.12. The lowest BCUT2D eigenvalue weighted by Crippen LogP contribution is -2.47. The van der Waals surface area contributed by atoms with Gasteiger partial charge in [0.05, 0.1) is 0 Å². The van der Waals surface area contributed by atoms with E-state index >= 15 is 0 Å². The predicted octanol–water partition coefficient (Wildman–Crippen LogP) is 2.16. The molecule has 1 aliphatic rings. The summed E-state index contributed by atoms with van der Waals surface area (Å²) >= 11 is 5.58. The van der Waals surface area contributed by atoms with Crippen molar-refractivity contribution in [3.8, 4) is 0 Å². The van der Waals surface area contributed by atoms with Crippen LogP contribution < -0.4 is 5.32 Å². The second-order valence-electron chi connectivity index (χ2n) is 5.12. The maximum atomic E-state index is 12.0. The van der Waals surface area contributed by atoms with E-state index in [1.165, 1.54) is 0 Å². The van der Waals surface area contributed by atoms with E-state index in [1.54, 1.807) is 0 Å². The minimum absolute atomic E-state index is 0.121. The third-order valence-corrected chi connectivity index (χ3v) is 4.05. The van der Waals surface area contributed by atoms with E-state index in [0.29, 0.717) is 12.3 Å². The lowest BCUT2D eigenvalue weighted by Gasteiger charge is -2.33. The fourth-order valence-electron chi connectivity index (χ4n) is 2.49. The minimum Gasteiger partial charge on any atom is -0.353 e. The van der Waals surface area contributed by atoms with Gasteiger partial charge in [-0.15, -0.1) is 11.6 Å². The van der Waals surface area contributed by atoms with E-state index in [0.717, 1.165) is 38.8 Å². The first-order valence-corrected chi connectivity index (χ1v) is 7.79. The molecule has 110 valence electrons. The zero-order valence-corrected chi connectivity index (χ0v) is 12.7. The minimum atomic E-state index is 0.121. The van der Waals surface area contributed by atoms with Crippen LogP contribution >= 0.6 is 11.6 Å². The molecule has 1 fully saturated rings. The maximum absolute atomic E-state index is 12.0. The van der Waals surface area contributed by atoms with Crippen LogP contribution in [-0.4, -0.2) is 41.7 Å². The van der Waals surface area contributed by atoms with Gasteiger partial charge in [-0.3, -0.25) is 9.59 Å². The molecule has 0 bridgehead atoms. The number of carbonyl (C=O) groups is 2. The number of carbonyl (C=O) groups excluding carboxylic acids is 2. The van der Waals surface area contributed by atoms with Crippen LogP contribution in [0, 0.1) is 5.92 Å². The molecular weight excluding hydrogens is 264 g/mol. The van der Waals surface area contributed by atoms with Crippen LogP contribution in [0.4, 0.5) is 0 Å². The van der Waals surface area contributed by atoms with E-state index in [2.05, 4.69) is 5.32 Å². The average Bonchev–Trinajstić information content (AvgIpc) is 2.41. The standard InChI is InChI=1S/C14H25ClN2O2/c1-3-11(4-2)14(19)16-12-6-9-17(10-7-12)13(18)5-8-15/h11-12H,3-10H2,1-2H3,(H,16,19). The van der Waals surface area contributed by atoms with Gasteiger partial charge in [0.15, 0.2) is 0 Å². The number of nitrogens with zero attached hydrogens (tertiary/aromatic N) is 1. The van der Waals surface area contributed by atoms with Gasteiger partial charge in [0, 0.05) is 37.4 Å². The van der Waals surface area contributed by atoms with Gasteiger partial charge in [0.2, 0.25) is 11.8 Å². The van der Waals surface area contributed by atoms with Crippen LogP contribution in [0.5, 0.6) is 0 Å². The smallest absolute Gasteiger partial charge is 0.223 e. The van der Waals surface area contributed by atoms with E-state index < -0.39 is 0 Å². The van der Waals surface area contributed by atoms with Crippen LogP contribution in [0.25, 0.3) is 0 Å². The van der Waals surface area contributed by atoms with Crippen molar-refractivity contribution in [2.45, 2.75) is 52.0 Å². The zero-order valence-electron chi connectivity index (χ0n) is 12.0. The summed E-state index contributed by atoms with van der Waals surface area (Å²) in [6.45, 7) is 5.54. The normalized spacial score (nSPS) is 16.7. The quantitative estimate of drug-likeness (QED) is 0.762. The van der Waals surface area contributed by atoms with Crippen LogP contribution in [0.15, 0.2) is 0 Å². The Hall–Kier alpha value is -0.770. The fraction of sp³-hybridized carbons (Fsp3) is 0.857. The first-order valence-electron chi connectivity index (χ1n) is 7.26. The van der Waals surface area contributed by atoms with Gasteiger partial charge in [-0.25, -0.2) is 0 Å². The zero-order chi connectivity index (χ0) is 14.3. The summed E-state index contributed by atoms with van der Waals surface area (Å²) in [5.74, 6) is 0.788. The Bertz CT molecular complexity index is 298. The van der Waals surface area contributed by atoms with Crippen molar-refractivity contribution in [1.29, 1.82) is 0 Å². The Morgan fingerprint density at radius 3 is 2.32 bits per heavy atom. The van der Waals surface area contributed by atoms with E-state index in [1.807, 2.05) is 18.7 Å². The van der Waals surface area contributed by atoms with Gasteiger partial charge >= 0.3 is 0 Å². The number of likely N-dealkylation sites (tertiary alicyclic amines) is 1. The SMILES string of the molecule is CCC(CC)C(=O)NC1CCN(C(=O)CCCl)CC1. The largest absolute Gasteiger partial charge is 0.353 e. The highest BCUT2D eigenvalue weighted by Crippen LogP contribution is 2.14. The van der Waals surface area contributed by atoms with E-state index in [9.17, 15) is 9.59 Å². The summed E-state index contributed by atoms with van der Waals surface area (Å²) in [5, 5.41) is 3.11. The topological polar surface area (TPSA) is 49.4 Å². The molecule has 1 N–H and O–H groups in total. The molecule has 5 heteroatoms. The van der Waals surface area contributed by atoms with Gasteiger partial charge in [-0.1, -0.05) is 13.8 Å². The van der Waals surface area contributed by atoms with Crippen molar-refractivity contribution in [1.82, 2.24) is 10.2 Å². The summed E-state index contributed by atoms with van der Waals surface area (Å²) < 4.78 is 0. The lowest BCUT2D eigenvalue weighted by molar-refractivity contribution is -0.132. The highest BCUT2D eigenvalue weighted by atomic mass is 35.5. The number of nitrogens with one attached hydrogen (secondary N) is 1. The number of hydrogen-bond acceptors (Lipinski definition) is 2. The molecule has 1 saturated heterocycles. The maximum Gasteiger partial charge on any atom is 0.223 e. The summed E-state index contributed by atoms with van der Waals surface area (Å²) in [5.41, 5.74) is 0. The van der Waals surface area contributed by atoms with Crippen LogP contribution in [-0.2, 0) is 9.59 Å². The molecule has 19 heavy (non-hydrogen) atoms. The Labute approximate surface area is 120 Å². The number of hydrogen-bond donors (Lipinski definition) is 1. The number of rotatable bonds is 6. The van der Waals surface area contributed by atoms with Crippen molar-refractivity contribution < 1.29 is 9.59 Å². The summed E-state index contributed by atoms with van der Waals surface area (Å²) in [6, 6.07) is 0.216. The number of piperidine rings is 1. The summed E-state index contributed by atoms with van der Waals surface area (Å²) in [4.78, 5) is 25.5. The first kappa shape index (κ1) is 16.3. The van der Waals surface area contributed by atoms with Gasteiger partial charge in [0.1, 0.15) is 0 Å². The molecule has 0 aliphatic carbocycles. The molecule has 0 aromatic carbocycles. The molecule has 1 rings (SSSR count). The molecule has 1 aliphatic heterocycles. The second-order valence-corrected chi connectivity index (χ2v) is 5.49. The number of halogens is 1. The number of alkyl halides is 1. The Morgan fingerprint density at radius 1 is 1.26 bits per heavy atom. The van der Waals surface area contributed by atoms with Crippen LogP contribution in [0.3, 0.4) is 0 Å².